The number of nitrogens with one attached hydrogen (secondary N) is 2. The molecule has 0 radical (unpaired) electrons. The van der Waals surface area contributed by atoms with E-state index in [1.165, 1.54) is 14.9 Å². The van der Waals surface area contributed by atoms with Crippen LogP contribution < -0.4 is 16.4 Å². The minimum absolute atomic E-state index is 0.195. The molecule has 1 unspecified atom stereocenters. The van der Waals surface area contributed by atoms with Crippen molar-refractivity contribution in [1.29, 1.82) is 0 Å². The summed E-state index contributed by atoms with van der Waals surface area (Å²) >= 11 is 1.12. The molecule has 2 aromatic heterocycles. The van der Waals surface area contributed by atoms with Gasteiger partial charge in [0.25, 0.3) is 21.5 Å². The highest BCUT2D eigenvalue weighted by molar-refractivity contribution is 7.91. The summed E-state index contributed by atoms with van der Waals surface area (Å²) in [4.78, 5) is 29.9. The maximum absolute atomic E-state index is 12.9. The number of rotatable bonds is 6. The lowest BCUT2D eigenvalue weighted by atomic mass is 10.2. The number of amides is 1. The van der Waals surface area contributed by atoms with Gasteiger partial charge in [-0.05, 0) is 43.3 Å². The summed E-state index contributed by atoms with van der Waals surface area (Å²) in [5.41, 5.74) is 5.54. The van der Waals surface area contributed by atoms with Crippen LogP contribution in [-0.2, 0) is 21.4 Å². The second-order valence-electron chi connectivity index (χ2n) is 6.82. The zero-order valence-electron chi connectivity index (χ0n) is 16.2. The molecule has 1 aromatic carbocycles. The molecule has 3 aromatic rings. The van der Waals surface area contributed by atoms with Gasteiger partial charge in [0.05, 0.1) is 10.9 Å². The van der Waals surface area contributed by atoms with Gasteiger partial charge >= 0.3 is 0 Å². The van der Waals surface area contributed by atoms with Crippen LogP contribution >= 0.6 is 11.3 Å². The number of sulfonamides is 1. The number of benzene rings is 1. The fraction of sp³-hybridized carbons (Fsp3) is 0.316. The second-order valence-corrected chi connectivity index (χ2v) is 9.89. The van der Waals surface area contributed by atoms with E-state index in [0.717, 1.165) is 11.3 Å². The van der Waals surface area contributed by atoms with E-state index in [-0.39, 0.29) is 22.3 Å². The Balaban J connectivity index is 1.56. The highest BCUT2D eigenvalue weighted by Gasteiger charge is 2.40. The van der Waals surface area contributed by atoms with Crippen LogP contribution in [0.5, 0.6) is 0 Å². The molecule has 2 N–H and O–H groups in total. The molecule has 0 spiro atoms. The van der Waals surface area contributed by atoms with E-state index in [1.807, 2.05) is 0 Å². The number of carbonyl (C=O) groups is 1. The lowest BCUT2D eigenvalue weighted by Crippen LogP contribution is -2.47. The average Bonchev–Trinajstić information content (AvgIpc) is 3.45. The van der Waals surface area contributed by atoms with Crippen LogP contribution in [0.15, 0.2) is 50.8 Å². The van der Waals surface area contributed by atoms with Crippen molar-refractivity contribution < 1.29 is 13.2 Å². The van der Waals surface area contributed by atoms with Gasteiger partial charge in [-0.15, -0.1) is 11.3 Å². The van der Waals surface area contributed by atoms with Crippen molar-refractivity contribution in [1.82, 2.24) is 19.3 Å². The minimum Gasteiger partial charge on any atom is -0.277 e. The Hall–Kier alpha value is -2.76. The largest absolute Gasteiger partial charge is 0.277 e. The molecule has 9 nitrogen and oxygen atoms in total. The highest BCUT2D eigenvalue weighted by Crippen LogP contribution is 2.28. The molecule has 0 aliphatic carbocycles. The normalized spacial score (nSPS) is 17.3. The number of anilines is 1. The maximum atomic E-state index is 12.9. The van der Waals surface area contributed by atoms with Crippen molar-refractivity contribution in [3.05, 3.63) is 52.1 Å². The summed E-state index contributed by atoms with van der Waals surface area (Å²) in [6.45, 7) is 2.44. The maximum Gasteiger partial charge on any atom is 0.262 e. The monoisotopic (exact) mass is 447 g/mol. The minimum atomic E-state index is -3.73. The molecule has 1 aliphatic heterocycles. The van der Waals surface area contributed by atoms with Crippen LogP contribution in [-0.4, -0.2) is 40.8 Å². The molecule has 158 valence electrons. The number of fused-ring (bicyclic) bond motifs is 1. The number of para-hydroxylation sites is 1. The molecule has 1 amide bonds. The Bertz CT molecular complexity index is 1240. The van der Waals surface area contributed by atoms with Gasteiger partial charge in [-0.25, -0.2) is 13.4 Å². The predicted molar refractivity (Wildman–Crippen MR) is 115 cm³/mol. The third-order valence-corrected chi connectivity index (χ3v) is 8.32. The van der Waals surface area contributed by atoms with Crippen LogP contribution in [0.3, 0.4) is 0 Å². The van der Waals surface area contributed by atoms with Crippen LogP contribution in [0.25, 0.3) is 10.9 Å². The third-order valence-electron chi connectivity index (χ3n) is 5.04. The van der Waals surface area contributed by atoms with Gasteiger partial charge in [0.1, 0.15) is 10.3 Å². The van der Waals surface area contributed by atoms with E-state index in [0.29, 0.717) is 30.3 Å². The molecule has 1 aliphatic rings. The number of hydrogen-bond acceptors (Lipinski definition) is 7. The highest BCUT2D eigenvalue weighted by atomic mass is 32.2. The lowest BCUT2D eigenvalue weighted by Gasteiger charge is -2.23. The Kier molecular flexibility index (Phi) is 5.58. The van der Waals surface area contributed by atoms with E-state index >= 15 is 0 Å². The number of nitrogens with zero attached hydrogens (tertiary/aromatic N) is 3. The fourth-order valence-corrected chi connectivity index (χ4v) is 6.35. The second kappa shape index (κ2) is 8.17. The Morgan fingerprint density at radius 1 is 1.27 bits per heavy atom. The third kappa shape index (κ3) is 3.59. The Morgan fingerprint density at radius 3 is 2.80 bits per heavy atom. The van der Waals surface area contributed by atoms with Crippen LogP contribution in [0.4, 0.5) is 5.95 Å². The van der Waals surface area contributed by atoms with E-state index in [1.54, 1.807) is 42.6 Å². The quantitative estimate of drug-likeness (QED) is 0.557. The summed E-state index contributed by atoms with van der Waals surface area (Å²) in [6, 6.07) is 9.33. The summed E-state index contributed by atoms with van der Waals surface area (Å²) < 4.78 is 28.6. The number of hydrazine groups is 1. The SMILES string of the molecule is CCn1c(NNC(=O)C2CCCN2S(=O)(=O)c2cccs2)nc2ccccc2c1=O. The molecule has 1 saturated heterocycles. The van der Waals surface area contributed by atoms with Crippen molar-refractivity contribution in [2.45, 2.75) is 36.6 Å². The van der Waals surface area contributed by atoms with Crippen LogP contribution in [0.1, 0.15) is 19.8 Å². The van der Waals surface area contributed by atoms with Crippen LogP contribution in [0.2, 0.25) is 0 Å². The van der Waals surface area contributed by atoms with E-state index in [9.17, 15) is 18.0 Å². The first-order valence-electron chi connectivity index (χ1n) is 9.54. The van der Waals surface area contributed by atoms with E-state index in [4.69, 9.17) is 0 Å². The molecular formula is C19H21N5O4S2. The van der Waals surface area contributed by atoms with Crippen molar-refractivity contribution in [3.8, 4) is 0 Å². The molecule has 30 heavy (non-hydrogen) atoms. The molecule has 1 atom stereocenters. The lowest BCUT2D eigenvalue weighted by molar-refractivity contribution is -0.123. The summed E-state index contributed by atoms with van der Waals surface area (Å²) in [5, 5.41) is 2.18. The molecule has 0 saturated carbocycles. The van der Waals surface area contributed by atoms with Gasteiger partial charge in [-0.3, -0.25) is 25.0 Å². The first-order valence-corrected chi connectivity index (χ1v) is 11.9. The summed E-state index contributed by atoms with van der Waals surface area (Å²) in [5.74, 6) is -0.294. The number of hydrogen-bond donors (Lipinski definition) is 2. The van der Waals surface area contributed by atoms with Crippen molar-refractivity contribution in [2.75, 3.05) is 12.0 Å². The van der Waals surface area contributed by atoms with Crippen LogP contribution in [0, 0.1) is 0 Å². The average molecular weight is 448 g/mol. The molecule has 3 heterocycles. The van der Waals surface area contributed by atoms with Gasteiger partial charge in [0.2, 0.25) is 5.95 Å². The van der Waals surface area contributed by atoms with Gasteiger partial charge < -0.3 is 0 Å². The van der Waals surface area contributed by atoms with Gasteiger partial charge in [0.15, 0.2) is 0 Å². The van der Waals surface area contributed by atoms with Gasteiger partial charge in [0, 0.05) is 13.1 Å². The summed E-state index contributed by atoms with van der Waals surface area (Å²) in [7, 11) is -3.73. The smallest absolute Gasteiger partial charge is 0.262 e. The van der Waals surface area contributed by atoms with Crippen molar-refractivity contribution >= 4 is 44.1 Å². The van der Waals surface area contributed by atoms with Crippen molar-refractivity contribution in [2.24, 2.45) is 0 Å². The molecule has 4 rings (SSSR count). The van der Waals surface area contributed by atoms with Crippen molar-refractivity contribution in [3.63, 3.8) is 0 Å². The fourth-order valence-electron chi connectivity index (χ4n) is 3.57. The van der Waals surface area contributed by atoms with Gasteiger partial charge in [-0.2, -0.15) is 4.31 Å². The number of thiophene rings is 1. The Morgan fingerprint density at radius 2 is 2.07 bits per heavy atom. The molecule has 11 heteroatoms. The van der Waals surface area contributed by atoms with E-state index in [2.05, 4.69) is 15.8 Å². The van der Waals surface area contributed by atoms with Gasteiger partial charge in [-0.1, -0.05) is 18.2 Å². The Labute approximate surface area is 177 Å². The predicted octanol–water partition coefficient (Wildman–Crippen LogP) is 1.77. The zero-order chi connectivity index (χ0) is 21.3. The first kappa shape index (κ1) is 20.5. The number of aromatic nitrogens is 2. The zero-order valence-corrected chi connectivity index (χ0v) is 17.9. The van der Waals surface area contributed by atoms with E-state index < -0.39 is 22.0 Å². The standard InChI is InChI=1S/C19H21N5O4S2/c1-2-23-18(26)13-7-3-4-8-14(13)20-19(23)22-21-17(25)15-9-5-11-24(15)30(27,28)16-10-6-12-29-16/h3-4,6-8,10,12,15H,2,5,9,11H2,1H3,(H,20,22)(H,21,25). The number of carbonyl (C=O) groups excluding carboxylic acids is 1. The molecule has 0 bridgehead atoms. The summed E-state index contributed by atoms with van der Waals surface area (Å²) in [6.07, 6.45) is 1.01. The molecular weight excluding hydrogens is 426 g/mol. The molecule has 1 fully saturated rings. The topological polar surface area (TPSA) is 113 Å². The first-order chi connectivity index (χ1) is 14.4.